The van der Waals surface area contributed by atoms with Crippen LogP contribution in [0, 0.1) is 11.6 Å². The van der Waals surface area contributed by atoms with E-state index in [-0.39, 0.29) is 10.8 Å². The molecule has 2 rings (SSSR count). The first-order chi connectivity index (χ1) is 9.11. The third kappa shape index (κ3) is 3.42. The van der Waals surface area contributed by atoms with Crippen LogP contribution in [0.1, 0.15) is 6.92 Å². The Balaban J connectivity index is 2.34. The third-order valence-electron chi connectivity index (χ3n) is 2.16. The summed E-state index contributed by atoms with van der Waals surface area (Å²) in [4.78, 5) is 8.05. The molecule has 1 N–H and O–H groups in total. The topological polar surface area (TPSA) is 37.8 Å². The predicted octanol–water partition coefficient (Wildman–Crippen LogP) is 4.10. The van der Waals surface area contributed by atoms with E-state index >= 15 is 0 Å². The summed E-state index contributed by atoms with van der Waals surface area (Å²) in [7, 11) is 0. The minimum Gasteiger partial charge on any atom is -0.368 e. The number of hydrogen-bond acceptors (Lipinski definition) is 4. The van der Waals surface area contributed by atoms with E-state index in [4.69, 9.17) is 0 Å². The van der Waals surface area contributed by atoms with Crippen molar-refractivity contribution in [2.24, 2.45) is 0 Å². The number of aromatic nitrogens is 2. The summed E-state index contributed by atoms with van der Waals surface area (Å²) in [5.74, 6) is -1.37. The molecule has 2 heterocycles. The zero-order valence-corrected chi connectivity index (χ0v) is 12.4. The van der Waals surface area contributed by atoms with Crippen molar-refractivity contribution in [1.29, 1.82) is 0 Å². The fourth-order valence-corrected chi connectivity index (χ4v) is 2.60. The fraction of sp³-hybridized carbons (Fsp3) is 0.167. The molecule has 0 spiro atoms. The standard InChI is InChI=1S/C12H10BrF2N3S/c1-2-16-10-8(14)6-9(15)12(18-10)19-11-7(13)4-3-5-17-11/h3-6H,2H2,1H3,(H,16,18). The van der Waals surface area contributed by atoms with Crippen LogP contribution in [0.25, 0.3) is 0 Å². The summed E-state index contributed by atoms with van der Waals surface area (Å²) >= 11 is 4.36. The summed E-state index contributed by atoms with van der Waals surface area (Å²) in [6, 6.07) is 4.37. The van der Waals surface area contributed by atoms with Crippen molar-refractivity contribution in [2.75, 3.05) is 11.9 Å². The first-order valence-electron chi connectivity index (χ1n) is 5.50. The highest BCUT2D eigenvalue weighted by Crippen LogP contribution is 2.33. The van der Waals surface area contributed by atoms with Crippen LogP contribution in [0.4, 0.5) is 14.6 Å². The summed E-state index contributed by atoms with van der Waals surface area (Å²) in [5, 5.41) is 3.40. The van der Waals surface area contributed by atoms with Crippen LogP contribution in [0.15, 0.2) is 38.9 Å². The van der Waals surface area contributed by atoms with Crippen molar-refractivity contribution < 1.29 is 8.78 Å². The second kappa shape index (κ2) is 6.29. The second-order valence-electron chi connectivity index (χ2n) is 3.53. The van der Waals surface area contributed by atoms with Crippen molar-refractivity contribution in [3.05, 3.63) is 40.5 Å². The van der Waals surface area contributed by atoms with Gasteiger partial charge in [-0.25, -0.2) is 18.7 Å². The Labute approximate surface area is 122 Å². The minimum absolute atomic E-state index is 0.0402. The molecular weight excluding hydrogens is 336 g/mol. The van der Waals surface area contributed by atoms with E-state index in [1.807, 2.05) is 6.92 Å². The maximum absolute atomic E-state index is 13.7. The smallest absolute Gasteiger partial charge is 0.168 e. The Kier molecular flexibility index (Phi) is 4.71. The molecule has 19 heavy (non-hydrogen) atoms. The highest BCUT2D eigenvalue weighted by Gasteiger charge is 2.14. The first kappa shape index (κ1) is 14.2. The van der Waals surface area contributed by atoms with E-state index in [2.05, 4.69) is 31.2 Å². The first-order valence-corrected chi connectivity index (χ1v) is 7.11. The normalized spacial score (nSPS) is 10.5. The van der Waals surface area contributed by atoms with Gasteiger partial charge in [0, 0.05) is 18.8 Å². The Hall–Kier alpha value is -1.21. The molecular formula is C12H10BrF2N3S. The molecule has 0 saturated carbocycles. The van der Waals surface area contributed by atoms with Crippen molar-refractivity contribution in [3.8, 4) is 0 Å². The SMILES string of the molecule is CCNc1nc(Sc2ncccc2Br)c(F)cc1F. The fourth-order valence-electron chi connectivity index (χ4n) is 1.35. The van der Waals surface area contributed by atoms with E-state index in [1.165, 1.54) is 0 Å². The molecule has 0 unspecified atom stereocenters. The van der Waals surface area contributed by atoms with Crippen molar-refractivity contribution >= 4 is 33.5 Å². The highest BCUT2D eigenvalue weighted by atomic mass is 79.9. The Morgan fingerprint density at radius 1 is 1.32 bits per heavy atom. The van der Waals surface area contributed by atoms with Crippen LogP contribution >= 0.6 is 27.7 Å². The second-order valence-corrected chi connectivity index (χ2v) is 5.36. The van der Waals surface area contributed by atoms with E-state index in [1.54, 1.807) is 18.3 Å². The molecule has 3 nitrogen and oxygen atoms in total. The average molecular weight is 346 g/mol. The van der Waals surface area contributed by atoms with Crippen molar-refractivity contribution in [1.82, 2.24) is 9.97 Å². The number of rotatable bonds is 4. The van der Waals surface area contributed by atoms with E-state index in [0.717, 1.165) is 22.3 Å². The number of hydrogen-bond donors (Lipinski definition) is 1. The lowest BCUT2D eigenvalue weighted by Crippen LogP contribution is -2.04. The van der Waals surface area contributed by atoms with Gasteiger partial charge >= 0.3 is 0 Å². The number of nitrogens with one attached hydrogen (secondary N) is 1. The molecule has 0 bridgehead atoms. The molecule has 0 amide bonds. The molecule has 2 aromatic rings. The van der Waals surface area contributed by atoms with Gasteiger partial charge in [-0.05, 0) is 46.7 Å². The van der Waals surface area contributed by atoms with Gasteiger partial charge in [0.05, 0.1) is 4.47 Å². The largest absolute Gasteiger partial charge is 0.368 e. The molecule has 0 aromatic carbocycles. The maximum Gasteiger partial charge on any atom is 0.168 e. The van der Waals surface area contributed by atoms with Gasteiger partial charge in [-0.3, -0.25) is 0 Å². The average Bonchev–Trinajstić information content (AvgIpc) is 2.38. The Morgan fingerprint density at radius 3 is 2.79 bits per heavy atom. The van der Waals surface area contributed by atoms with Crippen LogP contribution in [0.2, 0.25) is 0 Å². The molecule has 100 valence electrons. The van der Waals surface area contributed by atoms with Gasteiger partial charge in [0.25, 0.3) is 0 Å². The lowest BCUT2D eigenvalue weighted by Gasteiger charge is -2.08. The zero-order chi connectivity index (χ0) is 13.8. The molecule has 0 saturated heterocycles. The van der Waals surface area contributed by atoms with Crippen LogP contribution in [-0.4, -0.2) is 16.5 Å². The maximum atomic E-state index is 13.7. The van der Waals surface area contributed by atoms with Gasteiger partial charge < -0.3 is 5.32 Å². The molecule has 2 aromatic heterocycles. The Morgan fingerprint density at radius 2 is 2.11 bits per heavy atom. The summed E-state index contributed by atoms with van der Waals surface area (Å²) in [5.41, 5.74) is 0. The van der Waals surface area contributed by atoms with Crippen LogP contribution in [-0.2, 0) is 0 Å². The van der Waals surface area contributed by atoms with Crippen LogP contribution < -0.4 is 5.32 Å². The molecule has 0 radical (unpaired) electrons. The van der Waals surface area contributed by atoms with Gasteiger partial charge in [-0.1, -0.05) is 0 Å². The number of nitrogens with zero attached hydrogens (tertiary/aromatic N) is 2. The third-order valence-corrected chi connectivity index (χ3v) is 4.06. The number of pyridine rings is 2. The monoisotopic (exact) mass is 345 g/mol. The summed E-state index contributed by atoms with van der Waals surface area (Å²) < 4.78 is 27.9. The molecule has 0 aliphatic rings. The van der Waals surface area contributed by atoms with E-state index in [9.17, 15) is 8.78 Å². The lowest BCUT2D eigenvalue weighted by atomic mass is 10.4. The molecule has 0 aliphatic carbocycles. The van der Waals surface area contributed by atoms with Gasteiger partial charge in [0.15, 0.2) is 17.5 Å². The summed E-state index contributed by atoms with van der Waals surface area (Å²) in [6.45, 7) is 2.32. The van der Waals surface area contributed by atoms with Gasteiger partial charge in [0.2, 0.25) is 0 Å². The molecule has 7 heteroatoms. The summed E-state index contributed by atoms with van der Waals surface area (Å²) in [6.07, 6.45) is 1.60. The molecule has 0 atom stereocenters. The van der Waals surface area contributed by atoms with E-state index < -0.39 is 11.6 Å². The van der Waals surface area contributed by atoms with Crippen molar-refractivity contribution in [3.63, 3.8) is 0 Å². The minimum atomic E-state index is -0.707. The van der Waals surface area contributed by atoms with Crippen molar-refractivity contribution in [2.45, 2.75) is 17.0 Å². The zero-order valence-electron chi connectivity index (χ0n) is 9.95. The quantitative estimate of drug-likeness (QED) is 0.905. The molecule has 0 aliphatic heterocycles. The predicted molar refractivity (Wildman–Crippen MR) is 74.4 cm³/mol. The van der Waals surface area contributed by atoms with Crippen LogP contribution in [0.3, 0.4) is 0 Å². The van der Waals surface area contributed by atoms with Gasteiger partial charge in [-0.2, -0.15) is 0 Å². The van der Waals surface area contributed by atoms with Gasteiger partial charge in [0.1, 0.15) is 10.1 Å². The number of halogens is 3. The van der Waals surface area contributed by atoms with E-state index in [0.29, 0.717) is 11.6 Å². The Bertz CT molecular complexity index is 595. The molecule has 0 fully saturated rings. The highest BCUT2D eigenvalue weighted by molar-refractivity contribution is 9.10. The lowest BCUT2D eigenvalue weighted by molar-refractivity contribution is 0.551. The van der Waals surface area contributed by atoms with Gasteiger partial charge in [-0.15, -0.1) is 0 Å². The van der Waals surface area contributed by atoms with Crippen LogP contribution in [0.5, 0.6) is 0 Å². The number of anilines is 1.